The van der Waals surface area contributed by atoms with Crippen LogP contribution in [-0.2, 0) is 7.05 Å². The lowest BCUT2D eigenvalue weighted by Gasteiger charge is -2.20. The van der Waals surface area contributed by atoms with Crippen LogP contribution >= 0.6 is 0 Å². The van der Waals surface area contributed by atoms with Gasteiger partial charge in [-0.05, 0) is 17.9 Å². The van der Waals surface area contributed by atoms with Gasteiger partial charge in [0, 0.05) is 13.6 Å². The minimum atomic E-state index is -0.494. The van der Waals surface area contributed by atoms with Crippen LogP contribution in [-0.4, -0.2) is 33.4 Å². The molecule has 1 rings (SSSR count). The molecule has 2 N–H and O–H groups in total. The number of carbonyl (C=O) groups is 1. The van der Waals surface area contributed by atoms with Gasteiger partial charge in [0.15, 0.2) is 0 Å². The maximum absolute atomic E-state index is 12.1. The number of hydrogen-bond acceptors (Lipinski definition) is 3. The number of carbonyl (C=O) groups excluding carboxylic acids is 1. The minimum Gasteiger partial charge on any atom is -0.391 e. The maximum atomic E-state index is 12.1. The number of aryl methyl sites for hydroxylation is 1. The molecule has 0 saturated heterocycles. The summed E-state index contributed by atoms with van der Waals surface area (Å²) in [4.78, 5) is 12.1. The van der Waals surface area contributed by atoms with Crippen LogP contribution in [0, 0.1) is 5.92 Å². The molecule has 1 unspecified atom stereocenters. The van der Waals surface area contributed by atoms with E-state index in [1.54, 1.807) is 11.7 Å². The van der Waals surface area contributed by atoms with E-state index in [0.717, 1.165) is 18.5 Å². The van der Waals surface area contributed by atoms with Crippen LogP contribution in [0.3, 0.4) is 0 Å². The first kappa shape index (κ1) is 16.7. The Balaban J connectivity index is 2.63. The fraction of sp³-hybridized carbons (Fsp3) is 0.733. The quantitative estimate of drug-likeness (QED) is 0.804. The van der Waals surface area contributed by atoms with Crippen molar-refractivity contribution in [2.24, 2.45) is 13.0 Å². The molecule has 0 fully saturated rings. The van der Waals surface area contributed by atoms with Crippen molar-refractivity contribution in [2.45, 2.75) is 52.6 Å². The number of aliphatic hydroxyl groups excluding tert-OH is 1. The molecule has 1 aromatic heterocycles. The summed E-state index contributed by atoms with van der Waals surface area (Å²) in [6, 6.07) is 1.81. The molecule has 0 radical (unpaired) electrons. The van der Waals surface area contributed by atoms with Gasteiger partial charge < -0.3 is 10.4 Å². The number of amides is 1. The molecule has 1 atom stereocenters. The molecule has 20 heavy (non-hydrogen) atoms. The molecule has 114 valence electrons. The fourth-order valence-electron chi connectivity index (χ4n) is 2.27. The molecular formula is C15H27N3O2. The molecule has 0 aliphatic rings. The highest BCUT2D eigenvalue weighted by atomic mass is 16.3. The Bertz CT molecular complexity index is 436. The summed E-state index contributed by atoms with van der Waals surface area (Å²) in [6.07, 6.45) is 1.33. The third-order valence-corrected chi connectivity index (χ3v) is 3.79. The van der Waals surface area contributed by atoms with Gasteiger partial charge in [0.1, 0.15) is 5.69 Å². The van der Waals surface area contributed by atoms with Gasteiger partial charge in [-0.25, -0.2) is 0 Å². The Morgan fingerprint density at radius 1 is 1.40 bits per heavy atom. The lowest BCUT2D eigenvalue weighted by molar-refractivity contribution is 0.0809. The molecule has 5 nitrogen and oxygen atoms in total. The molecule has 0 aliphatic carbocycles. The van der Waals surface area contributed by atoms with E-state index < -0.39 is 6.10 Å². The Hall–Kier alpha value is -1.36. The Morgan fingerprint density at radius 2 is 2.00 bits per heavy atom. The summed E-state index contributed by atoms with van der Waals surface area (Å²) < 4.78 is 1.59. The average Bonchev–Trinajstić information content (AvgIpc) is 2.80. The smallest absolute Gasteiger partial charge is 0.269 e. The Kier molecular flexibility index (Phi) is 6.20. The molecular weight excluding hydrogens is 254 g/mol. The highest BCUT2D eigenvalue weighted by molar-refractivity contribution is 5.92. The molecule has 0 bridgehead atoms. The third kappa shape index (κ3) is 4.07. The van der Waals surface area contributed by atoms with Crippen LogP contribution in [0.4, 0.5) is 0 Å². The number of aliphatic hydroxyl groups is 1. The second kappa shape index (κ2) is 7.43. The number of hydrogen-bond donors (Lipinski definition) is 2. The van der Waals surface area contributed by atoms with Crippen LogP contribution in [0.5, 0.6) is 0 Å². The zero-order chi connectivity index (χ0) is 15.3. The zero-order valence-electron chi connectivity index (χ0n) is 13.2. The van der Waals surface area contributed by atoms with Crippen LogP contribution in [0.25, 0.3) is 0 Å². The van der Waals surface area contributed by atoms with E-state index in [-0.39, 0.29) is 24.3 Å². The summed E-state index contributed by atoms with van der Waals surface area (Å²) in [5.41, 5.74) is 1.43. The van der Waals surface area contributed by atoms with Gasteiger partial charge in [-0.2, -0.15) is 5.10 Å². The molecule has 1 heterocycles. The standard InChI is InChI=1S/C15H27N3O2/c1-6-11(7-2)14(19)9-16-15(20)13-8-12(10(3)4)17-18(13)5/h8,10-11,14,19H,6-7,9H2,1-5H3,(H,16,20). The van der Waals surface area contributed by atoms with E-state index in [4.69, 9.17) is 0 Å². The first-order valence-electron chi connectivity index (χ1n) is 7.40. The second-order valence-electron chi connectivity index (χ2n) is 5.59. The normalized spacial score (nSPS) is 13.0. The SMILES string of the molecule is CCC(CC)C(O)CNC(=O)c1cc(C(C)C)nn1C. The summed E-state index contributed by atoms with van der Waals surface area (Å²) in [5.74, 6) is 0.336. The van der Waals surface area contributed by atoms with E-state index in [9.17, 15) is 9.90 Å². The van der Waals surface area contributed by atoms with Crippen molar-refractivity contribution in [1.82, 2.24) is 15.1 Å². The van der Waals surface area contributed by atoms with E-state index in [2.05, 4.69) is 24.3 Å². The predicted octanol–water partition coefficient (Wildman–Crippen LogP) is 2.07. The van der Waals surface area contributed by atoms with Crippen molar-refractivity contribution in [3.05, 3.63) is 17.5 Å². The van der Waals surface area contributed by atoms with E-state index >= 15 is 0 Å². The molecule has 1 amide bonds. The zero-order valence-corrected chi connectivity index (χ0v) is 13.2. The number of nitrogens with zero attached hydrogens (tertiary/aromatic N) is 2. The number of rotatable bonds is 7. The summed E-state index contributed by atoms with van der Waals surface area (Å²) >= 11 is 0. The first-order chi connectivity index (χ1) is 9.40. The van der Waals surface area contributed by atoms with Gasteiger partial charge in [-0.3, -0.25) is 9.48 Å². The van der Waals surface area contributed by atoms with Crippen LogP contribution in [0.1, 0.15) is 62.6 Å². The summed E-state index contributed by atoms with van der Waals surface area (Å²) in [6.45, 7) is 8.47. The van der Waals surface area contributed by atoms with E-state index in [1.165, 1.54) is 0 Å². The second-order valence-corrected chi connectivity index (χ2v) is 5.59. The van der Waals surface area contributed by atoms with Gasteiger partial charge in [0.25, 0.3) is 5.91 Å². The lowest BCUT2D eigenvalue weighted by atomic mass is 9.96. The third-order valence-electron chi connectivity index (χ3n) is 3.79. The molecule has 1 aromatic rings. The van der Waals surface area contributed by atoms with E-state index in [0.29, 0.717) is 5.69 Å². The van der Waals surface area contributed by atoms with Crippen molar-refractivity contribution in [1.29, 1.82) is 0 Å². The van der Waals surface area contributed by atoms with Crippen molar-refractivity contribution < 1.29 is 9.90 Å². The topological polar surface area (TPSA) is 67.2 Å². The molecule has 0 aromatic carbocycles. The van der Waals surface area contributed by atoms with E-state index in [1.807, 2.05) is 19.9 Å². The fourth-order valence-corrected chi connectivity index (χ4v) is 2.27. The average molecular weight is 281 g/mol. The molecule has 5 heteroatoms. The van der Waals surface area contributed by atoms with Gasteiger partial charge in [-0.15, -0.1) is 0 Å². The lowest BCUT2D eigenvalue weighted by Crippen LogP contribution is -2.36. The minimum absolute atomic E-state index is 0.183. The van der Waals surface area contributed by atoms with Gasteiger partial charge in [-0.1, -0.05) is 40.5 Å². The largest absolute Gasteiger partial charge is 0.391 e. The van der Waals surface area contributed by atoms with Gasteiger partial charge in [0.05, 0.1) is 11.8 Å². The van der Waals surface area contributed by atoms with Crippen LogP contribution < -0.4 is 5.32 Å². The molecule has 0 saturated carbocycles. The highest BCUT2D eigenvalue weighted by Gasteiger charge is 2.19. The van der Waals surface area contributed by atoms with Gasteiger partial charge in [0.2, 0.25) is 0 Å². The Labute approximate surface area is 121 Å². The van der Waals surface area contributed by atoms with Crippen LogP contribution in [0.15, 0.2) is 6.07 Å². The Morgan fingerprint density at radius 3 is 2.45 bits per heavy atom. The number of nitrogens with one attached hydrogen (secondary N) is 1. The van der Waals surface area contributed by atoms with Crippen molar-refractivity contribution in [3.63, 3.8) is 0 Å². The summed E-state index contributed by atoms with van der Waals surface area (Å²) in [5, 5.41) is 17.1. The molecule has 0 aliphatic heterocycles. The first-order valence-corrected chi connectivity index (χ1v) is 7.40. The van der Waals surface area contributed by atoms with Crippen LogP contribution in [0.2, 0.25) is 0 Å². The molecule has 0 spiro atoms. The maximum Gasteiger partial charge on any atom is 0.269 e. The monoisotopic (exact) mass is 281 g/mol. The van der Waals surface area contributed by atoms with Crippen molar-refractivity contribution in [2.75, 3.05) is 6.54 Å². The predicted molar refractivity (Wildman–Crippen MR) is 79.7 cm³/mol. The van der Waals surface area contributed by atoms with Crippen molar-refractivity contribution in [3.8, 4) is 0 Å². The summed E-state index contributed by atoms with van der Waals surface area (Å²) in [7, 11) is 1.76. The highest BCUT2D eigenvalue weighted by Crippen LogP contribution is 2.14. The number of aromatic nitrogens is 2. The van der Waals surface area contributed by atoms with Crippen molar-refractivity contribution >= 4 is 5.91 Å². The van der Waals surface area contributed by atoms with Gasteiger partial charge >= 0.3 is 0 Å².